The minimum absolute atomic E-state index is 0.172. The number of ether oxygens (including phenoxy) is 4. The summed E-state index contributed by atoms with van der Waals surface area (Å²) in [7, 11) is 4.77. The van der Waals surface area contributed by atoms with Crippen LogP contribution in [0.15, 0.2) is 11.7 Å². The fraction of sp³-hybridized carbons (Fsp3) is 0.833. The smallest absolute Gasteiger partial charge is 0.320 e. The fourth-order valence-corrected chi connectivity index (χ4v) is 1.37. The first-order valence-corrected chi connectivity index (χ1v) is 5.73. The second-order valence-electron chi connectivity index (χ2n) is 3.48. The van der Waals surface area contributed by atoms with Gasteiger partial charge in [-0.25, -0.2) is 0 Å². The maximum Gasteiger partial charge on any atom is 0.320 e. The summed E-state index contributed by atoms with van der Waals surface area (Å²) in [6.45, 7) is 2.36. The van der Waals surface area contributed by atoms with Crippen LogP contribution < -0.4 is 0 Å². The van der Waals surface area contributed by atoms with Gasteiger partial charge in [0.25, 0.3) is 0 Å². The van der Waals surface area contributed by atoms with Crippen molar-refractivity contribution in [2.45, 2.75) is 39.0 Å². The molecule has 0 aliphatic rings. The van der Waals surface area contributed by atoms with Crippen molar-refractivity contribution in [3.63, 3.8) is 0 Å². The minimum atomic E-state index is 0.172. The standard InChI is InChI=1S/C12H24O4/c1-5-6-7-8-9-11(14-3)12(15-4)16-10-13-2/h5-10H2,1-4H3. The van der Waals surface area contributed by atoms with Crippen molar-refractivity contribution in [3.05, 3.63) is 11.7 Å². The largest absolute Gasteiger partial charge is 0.494 e. The van der Waals surface area contributed by atoms with Gasteiger partial charge >= 0.3 is 5.95 Å². The predicted octanol–water partition coefficient (Wildman–Crippen LogP) is 3.04. The monoisotopic (exact) mass is 232 g/mol. The second kappa shape index (κ2) is 10.6. The van der Waals surface area contributed by atoms with Crippen molar-refractivity contribution >= 4 is 0 Å². The normalized spacial score (nSPS) is 12.0. The van der Waals surface area contributed by atoms with E-state index in [2.05, 4.69) is 6.92 Å². The van der Waals surface area contributed by atoms with Crippen molar-refractivity contribution < 1.29 is 18.9 Å². The summed E-state index contributed by atoms with van der Waals surface area (Å²) >= 11 is 0. The van der Waals surface area contributed by atoms with E-state index in [9.17, 15) is 0 Å². The highest BCUT2D eigenvalue weighted by molar-refractivity contribution is 4.94. The summed E-state index contributed by atoms with van der Waals surface area (Å²) in [4.78, 5) is 0. The highest BCUT2D eigenvalue weighted by atomic mass is 16.7. The SMILES string of the molecule is CCCCCCC(OC)=C(OC)OCOC. The quantitative estimate of drug-likeness (QED) is 0.329. The Labute approximate surface area is 98.5 Å². The number of methoxy groups -OCH3 is 3. The highest BCUT2D eigenvalue weighted by Gasteiger charge is 2.09. The summed E-state index contributed by atoms with van der Waals surface area (Å²) in [6, 6.07) is 0. The van der Waals surface area contributed by atoms with E-state index in [0.717, 1.165) is 18.6 Å². The van der Waals surface area contributed by atoms with Gasteiger partial charge in [0, 0.05) is 13.5 Å². The van der Waals surface area contributed by atoms with Crippen LogP contribution in [0.1, 0.15) is 39.0 Å². The zero-order valence-corrected chi connectivity index (χ0v) is 10.9. The van der Waals surface area contributed by atoms with Crippen molar-refractivity contribution in [3.8, 4) is 0 Å². The van der Waals surface area contributed by atoms with Crippen LogP contribution in [-0.2, 0) is 18.9 Å². The third kappa shape index (κ3) is 6.56. The van der Waals surface area contributed by atoms with E-state index in [-0.39, 0.29) is 6.79 Å². The molecule has 0 radical (unpaired) electrons. The molecular formula is C12H24O4. The Morgan fingerprint density at radius 3 is 2.19 bits per heavy atom. The van der Waals surface area contributed by atoms with Gasteiger partial charge in [0.2, 0.25) is 0 Å². The molecule has 0 unspecified atom stereocenters. The Bertz CT molecular complexity index is 189. The molecule has 4 nitrogen and oxygen atoms in total. The van der Waals surface area contributed by atoms with Gasteiger partial charge in [0.15, 0.2) is 12.6 Å². The van der Waals surface area contributed by atoms with Crippen LogP contribution in [0.3, 0.4) is 0 Å². The molecule has 0 bridgehead atoms. The van der Waals surface area contributed by atoms with Crippen LogP contribution in [0.2, 0.25) is 0 Å². The van der Waals surface area contributed by atoms with Crippen molar-refractivity contribution in [2.75, 3.05) is 28.1 Å². The van der Waals surface area contributed by atoms with Gasteiger partial charge in [0.05, 0.1) is 14.2 Å². The third-order valence-electron chi connectivity index (χ3n) is 2.22. The Balaban J connectivity index is 4.10. The molecule has 16 heavy (non-hydrogen) atoms. The van der Waals surface area contributed by atoms with E-state index in [1.807, 2.05) is 0 Å². The Kier molecular flexibility index (Phi) is 10.0. The van der Waals surface area contributed by atoms with Gasteiger partial charge in [-0.1, -0.05) is 26.2 Å². The lowest BCUT2D eigenvalue weighted by atomic mass is 10.1. The van der Waals surface area contributed by atoms with E-state index < -0.39 is 0 Å². The van der Waals surface area contributed by atoms with Gasteiger partial charge in [-0.05, 0) is 6.42 Å². The molecule has 0 heterocycles. The van der Waals surface area contributed by atoms with E-state index in [1.54, 1.807) is 21.3 Å². The minimum Gasteiger partial charge on any atom is -0.494 e. The molecule has 0 atom stereocenters. The molecular weight excluding hydrogens is 208 g/mol. The number of rotatable bonds is 10. The van der Waals surface area contributed by atoms with Crippen LogP contribution in [0.4, 0.5) is 0 Å². The molecule has 0 aromatic heterocycles. The van der Waals surface area contributed by atoms with Crippen LogP contribution >= 0.6 is 0 Å². The van der Waals surface area contributed by atoms with Gasteiger partial charge in [-0.15, -0.1) is 0 Å². The van der Waals surface area contributed by atoms with E-state index in [0.29, 0.717) is 5.95 Å². The molecule has 0 aliphatic heterocycles. The van der Waals surface area contributed by atoms with E-state index >= 15 is 0 Å². The summed E-state index contributed by atoms with van der Waals surface area (Å²) < 4.78 is 20.5. The number of hydrogen-bond acceptors (Lipinski definition) is 4. The molecule has 0 rings (SSSR count). The lowest BCUT2D eigenvalue weighted by Gasteiger charge is -2.13. The van der Waals surface area contributed by atoms with Gasteiger partial charge in [0.1, 0.15) is 0 Å². The van der Waals surface area contributed by atoms with E-state index in [4.69, 9.17) is 18.9 Å². The zero-order chi connectivity index (χ0) is 12.2. The molecule has 0 aliphatic carbocycles. The van der Waals surface area contributed by atoms with Crippen molar-refractivity contribution in [2.24, 2.45) is 0 Å². The number of allylic oxidation sites excluding steroid dienone is 1. The van der Waals surface area contributed by atoms with Crippen LogP contribution in [0, 0.1) is 0 Å². The molecule has 96 valence electrons. The molecule has 4 heteroatoms. The van der Waals surface area contributed by atoms with Gasteiger partial charge in [-0.2, -0.15) is 0 Å². The topological polar surface area (TPSA) is 36.9 Å². The lowest BCUT2D eigenvalue weighted by Crippen LogP contribution is -2.04. The fourth-order valence-electron chi connectivity index (χ4n) is 1.37. The molecule has 0 amide bonds. The van der Waals surface area contributed by atoms with E-state index in [1.165, 1.54) is 19.3 Å². The van der Waals surface area contributed by atoms with Crippen LogP contribution in [0.5, 0.6) is 0 Å². The second-order valence-corrected chi connectivity index (χ2v) is 3.48. The first-order valence-electron chi connectivity index (χ1n) is 5.73. The van der Waals surface area contributed by atoms with Crippen LogP contribution in [0.25, 0.3) is 0 Å². The van der Waals surface area contributed by atoms with Crippen molar-refractivity contribution in [1.82, 2.24) is 0 Å². The summed E-state index contributed by atoms with van der Waals surface area (Å²) in [6.07, 6.45) is 5.59. The summed E-state index contributed by atoms with van der Waals surface area (Å²) in [5, 5.41) is 0. The first kappa shape index (κ1) is 15.1. The molecule has 0 aromatic rings. The van der Waals surface area contributed by atoms with Crippen LogP contribution in [-0.4, -0.2) is 28.1 Å². The highest BCUT2D eigenvalue weighted by Crippen LogP contribution is 2.16. The van der Waals surface area contributed by atoms with Crippen molar-refractivity contribution in [1.29, 1.82) is 0 Å². The Morgan fingerprint density at radius 2 is 1.69 bits per heavy atom. The summed E-state index contributed by atoms with van der Waals surface area (Å²) in [5.41, 5.74) is 0. The third-order valence-corrected chi connectivity index (χ3v) is 2.22. The number of hydrogen-bond donors (Lipinski definition) is 0. The number of unbranched alkanes of at least 4 members (excludes halogenated alkanes) is 3. The first-order chi connectivity index (χ1) is 7.79. The molecule has 0 aromatic carbocycles. The Morgan fingerprint density at radius 1 is 0.938 bits per heavy atom. The Hall–Kier alpha value is -0.900. The average molecular weight is 232 g/mol. The summed E-state index contributed by atoms with van der Waals surface area (Å²) in [5.74, 6) is 1.16. The van der Waals surface area contributed by atoms with Gasteiger partial charge in [-0.3, -0.25) is 0 Å². The van der Waals surface area contributed by atoms with Gasteiger partial charge < -0.3 is 18.9 Å². The maximum atomic E-state index is 5.26. The molecule has 0 fully saturated rings. The zero-order valence-electron chi connectivity index (χ0n) is 10.9. The molecule has 0 N–H and O–H groups in total. The predicted molar refractivity (Wildman–Crippen MR) is 62.8 cm³/mol. The molecule has 0 saturated carbocycles. The lowest BCUT2D eigenvalue weighted by molar-refractivity contribution is -0.0570. The molecule has 0 saturated heterocycles. The molecule has 0 spiro atoms. The maximum absolute atomic E-state index is 5.26. The average Bonchev–Trinajstić information content (AvgIpc) is 2.32.